The zero-order valence-corrected chi connectivity index (χ0v) is 12.8. The highest BCUT2D eigenvalue weighted by Gasteiger charge is 2.42. The number of aliphatic hydroxyl groups is 1. The molecule has 7 heteroatoms. The highest BCUT2D eigenvalue weighted by Crippen LogP contribution is 2.44. The average molecular weight is 313 g/mol. The summed E-state index contributed by atoms with van der Waals surface area (Å²) in [5, 5.41) is 18.3. The lowest BCUT2D eigenvalue weighted by molar-refractivity contribution is 0.0696. The van der Waals surface area contributed by atoms with Crippen molar-refractivity contribution in [2.24, 2.45) is 5.41 Å². The molecular formula is C14H19NO5S. The number of rotatable bonds is 6. The molecule has 1 saturated carbocycles. The summed E-state index contributed by atoms with van der Waals surface area (Å²) in [7, 11) is -3.80. The van der Waals surface area contributed by atoms with Gasteiger partial charge in [0.2, 0.25) is 10.0 Å². The van der Waals surface area contributed by atoms with E-state index in [0.717, 1.165) is 12.8 Å². The Hall–Kier alpha value is -1.44. The van der Waals surface area contributed by atoms with E-state index in [9.17, 15) is 18.3 Å². The third-order valence-electron chi connectivity index (χ3n) is 4.09. The number of carboxylic acid groups (broad SMARTS) is 1. The van der Waals surface area contributed by atoms with E-state index in [1.54, 1.807) is 13.8 Å². The highest BCUT2D eigenvalue weighted by molar-refractivity contribution is 7.89. The lowest BCUT2D eigenvalue weighted by Gasteiger charge is -2.15. The van der Waals surface area contributed by atoms with Crippen LogP contribution in [0.4, 0.5) is 0 Å². The van der Waals surface area contributed by atoms with Crippen LogP contribution in [-0.4, -0.2) is 37.8 Å². The molecule has 1 aromatic rings. The summed E-state index contributed by atoms with van der Waals surface area (Å²) in [5.41, 5.74) is 0.738. The topological polar surface area (TPSA) is 104 Å². The van der Waals surface area contributed by atoms with Gasteiger partial charge in [-0.2, -0.15) is 0 Å². The van der Waals surface area contributed by atoms with Crippen LogP contribution in [0.25, 0.3) is 0 Å². The molecule has 2 rings (SSSR count). The summed E-state index contributed by atoms with van der Waals surface area (Å²) in [4.78, 5) is 11.0. The summed E-state index contributed by atoms with van der Waals surface area (Å²) < 4.78 is 27.3. The van der Waals surface area contributed by atoms with Crippen molar-refractivity contribution in [3.05, 3.63) is 28.8 Å². The Bertz CT molecular complexity index is 677. The first-order valence-corrected chi connectivity index (χ1v) is 8.14. The number of hydrogen-bond donors (Lipinski definition) is 3. The quantitative estimate of drug-likeness (QED) is 0.728. The number of carboxylic acids is 1. The molecule has 1 aromatic carbocycles. The first kappa shape index (κ1) is 15.9. The minimum absolute atomic E-state index is 0.0198. The second-order valence-corrected chi connectivity index (χ2v) is 7.44. The van der Waals surface area contributed by atoms with Gasteiger partial charge in [-0.25, -0.2) is 17.9 Å². The standard InChI is InChI=1S/C14H19NO5S/c1-9-5-11(13(17)18)6-12(10(9)2)21(19,20)15-7-14(8-16)3-4-14/h5-6,15-16H,3-4,7-8H2,1-2H3,(H,17,18). The fourth-order valence-corrected chi connectivity index (χ4v) is 3.62. The fraction of sp³-hybridized carbons (Fsp3) is 0.500. The van der Waals surface area contributed by atoms with E-state index in [1.165, 1.54) is 12.1 Å². The highest BCUT2D eigenvalue weighted by atomic mass is 32.2. The third kappa shape index (κ3) is 3.25. The van der Waals surface area contributed by atoms with E-state index >= 15 is 0 Å². The van der Waals surface area contributed by atoms with Crippen molar-refractivity contribution in [2.75, 3.05) is 13.2 Å². The largest absolute Gasteiger partial charge is 0.478 e. The van der Waals surface area contributed by atoms with Gasteiger partial charge in [-0.05, 0) is 49.9 Å². The molecule has 0 unspecified atom stereocenters. The molecule has 3 N–H and O–H groups in total. The van der Waals surface area contributed by atoms with Crippen LogP contribution in [0, 0.1) is 19.3 Å². The molecule has 0 amide bonds. The van der Waals surface area contributed by atoms with E-state index in [4.69, 9.17) is 5.11 Å². The molecule has 116 valence electrons. The zero-order chi connectivity index (χ0) is 15.8. The van der Waals surface area contributed by atoms with Crippen molar-refractivity contribution >= 4 is 16.0 Å². The molecular weight excluding hydrogens is 294 g/mol. The molecule has 6 nitrogen and oxygen atoms in total. The number of aromatic carboxylic acids is 1. The van der Waals surface area contributed by atoms with Gasteiger partial charge in [0.1, 0.15) is 0 Å². The zero-order valence-electron chi connectivity index (χ0n) is 12.0. The summed E-state index contributed by atoms with van der Waals surface area (Å²) in [5.74, 6) is -1.16. The molecule has 0 saturated heterocycles. The molecule has 0 aromatic heterocycles. The predicted octanol–water partition coefficient (Wildman–Crippen LogP) is 1.05. The third-order valence-corrected chi connectivity index (χ3v) is 5.61. The smallest absolute Gasteiger partial charge is 0.335 e. The number of aliphatic hydroxyl groups excluding tert-OH is 1. The van der Waals surface area contributed by atoms with Crippen LogP contribution in [-0.2, 0) is 10.0 Å². The van der Waals surface area contributed by atoms with Gasteiger partial charge in [0, 0.05) is 18.6 Å². The molecule has 0 atom stereocenters. The Balaban J connectivity index is 2.33. The molecule has 21 heavy (non-hydrogen) atoms. The van der Waals surface area contributed by atoms with E-state index < -0.39 is 16.0 Å². The van der Waals surface area contributed by atoms with Gasteiger partial charge >= 0.3 is 5.97 Å². The summed E-state index contributed by atoms with van der Waals surface area (Å²) in [6, 6.07) is 2.62. The monoisotopic (exact) mass is 313 g/mol. The number of aryl methyl sites for hydroxylation is 1. The van der Waals surface area contributed by atoms with Crippen molar-refractivity contribution in [1.82, 2.24) is 4.72 Å². The number of carbonyl (C=O) groups is 1. The molecule has 0 spiro atoms. The van der Waals surface area contributed by atoms with E-state index in [1.807, 2.05) is 0 Å². The van der Waals surface area contributed by atoms with Gasteiger partial charge in [0.25, 0.3) is 0 Å². The van der Waals surface area contributed by atoms with E-state index in [0.29, 0.717) is 11.1 Å². The van der Waals surface area contributed by atoms with Gasteiger partial charge in [-0.3, -0.25) is 0 Å². The SMILES string of the molecule is Cc1cc(C(=O)O)cc(S(=O)(=O)NCC2(CO)CC2)c1C. The average Bonchev–Trinajstić information content (AvgIpc) is 3.20. The minimum atomic E-state index is -3.80. The van der Waals surface area contributed by atoms with Crippen molar-refractivity contribution in [3.8, 4) is 0 Å². The maximum atomic E-state index is 12.4. The summed E-state index contributed by atoms with van der Waals surface area (Å²) in [6.45, 7) is 3.44. The molecule has 0 radical (unpaired) electrons. The maximum Gasteiger partial charge on any atom is 0.335 e. The Kier molecular flexibility index (Phi) is 4.10. The van der Waals surface area contributed by atoms with Crippen LogP contribution >= 0.6 is 0 Å². The Morgan fingerprint density at radius 3 is 2.43 bits per heavy atom. The Morgan fingerprint density at radius 2 is 1.95 bits per heavy atom. The van der Waals surface area contributed by atoms with Crippen molar-refractivity contribution < 1.29 is 23.4 Å². The van der Waals surface area contributed by atoms with Crippen LogP contribution in [0.2, 0.25) is 0 Å². The second-order valence-electron chi connectivity index (χ2n) is 5.70. The number of nitrogens with one attached hydrogen (secondary N) is 1. The van der Waals surface area contributed by atoms with Gasteiger partial charge in [0.15, 0.2) is 0 Å². The van der Waals surface area contributed by atoms with Crippen LogP contribution in [0.15, 0.2) is 17.0 Å². The first-order chi connectivity index (χ1) is 9.71. The number of hydrogen-bond acceptors (Lipinski definition) is 4. The van der Waals surface area contributed by atoms with Crippen molar-refractivity contribution in [3.63, 3.8) is 0 Å². The van der Waals surface area contributed by atoms with Gasteiger partial charge < -0.3 is 10.2 Å². The van der Waals surface area contributed by atoms with Crippen LogP contribution < -0.4 is 4.72 Å². The summed E-state index contributed by atoms with van der Waals surface area (Å²) in [6.07, 6.45) is 1.58. The maximum absolute atomic E-state index is 12.4. The van der Waals surface area contributed by atoms with Crippen LogP contribution in [0.1, 0.15) is 34.3 Å². The van der Waals surface area contributed by atoms with E-state index in [-0.39, 0.29) is 29.0 Å². The molecule has 1 aliphatic rings. The fourth-order valence-electron chi connectivity index (χ4n) is 2.12. The van der Waals surface area contributed by atoms with E-state index in [2.05, 4.69) is 4.72 Å². The molecule has 0 aliphatic heterocycles. The Morgan fingerprint density at radius 1 is 1.33 bits per heavy atom. The second kappa shape index (κ2) is 5.40. The van der Waals surface area contributed by atoms with Gasteiger partial charge in [0.05, 0.1) is 10.5 Å². The van der Waals surface area contributed by atoms with Gasteiger partial charge in [-0.1, -0.05) is 0 Å². The normalized spacial score (nSPS) is 16.7. The minimum Gasteiger partial charge on any atom is -0.478 e. The lowest BCUT2D eigenvalue weighted by atomic mass is 10.1. The first-order valence-electron chi connectivity index (χ1n) is 6.66. The van der Waals surface area contributed by atoms with Crippen LogP contribution in [0.3, 0.4) is 0 Å². The molecule has 0 bridgehead atoms. The summed E-state index contributed by atoms with van der Waals surface area (Å²) >= 11 is 0. The number of benzene rings is 1. The van der Waals surface area contributed by atoms with Gasteiger partial charge in [-0.15, -0.1) is 0 Å². The van der Waals surface area contributed by atoms with Crippen molar-refractivity contribution in [1.29, 1.82) is 0 Å². The molecule has 1 aliphatic carbocycles. The molecule has 0 heterocycles. The molecule has 1 fully saturated rings. The predicted molar refractivity (Wildman–Crippen MR) is 76.8 cm³/mol. The lowest BCUT2D eigenvalue weighted by Crippen LogP contribution is -2.32. The number of sulfonamides is 1. The van der Waals surface area contributed by atoms with Crippen molar-refractivity contribution in [2.45, 2.75) is 31.6 Å². The Labute approximate surface area is 123 Å². The van der Waals surface area contributed by atoms with Crippen LogP contribution in [0.5, 0.6) is 0 Å².